The number of hydrogen-bond acceptors (Lipinski definition) is 6. The Bertz CT molecular complexity index is 1150. The van der Waals surface area contributed by atoms with Gasteiger partial charge in [-0.2, -0.15) is 5.10 Å². The number of ether oxygens (including phenoxy) is 3. The van der Waals surface area contributed by atoms with Gasteiger partial charge in [0.15, 0.2) is 6.23 Å². The van der Waals surface area contributed by atoms with E-state index < -0.39 is 0 Å². The van der Waals surface area contributed by atoms with Crippen molar-refractivity contribution in [1.29, 1.82) is 0 Å². The SMILES string of the molecule is O=C(/C=C/[C@H]1CCC[C@@H](COc2ccc(-c3ccnn3C3CCCCO3)nc2)C1)OCc1ccccc1. The normalized spacial score (nSPS) is 22.1. The van der Waals surface area contributed by atoms with Crippen LogP contribution < -0.4 is 4.74 Å². The van der Waals surface area contributed by atoms with Crippen molar-refractivity contribution in [3.05, 3.63) is 78.6 Å². The van der Waals surface area contributed by atoms with Crippen LogP contribution in [-0.2, 0) is 20.9 Å². The summed E-state index contributed by atoms with van der Waals surface area (Å²) in [6, 6.07) is 15.7. The number of allylic oxidation sites excluding steroid dienone is 1. The topological polar surface area (TPSA) is 75.5 Å². The van der Waals surface area contributed by atoms with Crippen LogP contribution in [0.3, 0.4) is 0 Å². The summed E-state index contributed by atoms with van der Waals surface area (Å²) >= 11 is 0. The van der Waals surface area contributed by atoms with Crippen LogP contribution >= 0.6 is 0 Å². The fourth-order valence-electron chi connectivity index (χ4n) is 5.14. The Kier molecular flexibility index (Phi) is 8.64. The van der Waals surface area contributed by atoms with Gasteiger partial charge in [-0.15, -0.1) is 0 Å². The first-order valence-corrected chi connectivity index (χ1v) is 13.4. The Morgan fingerprint density at radius 1 is 1.05 bits per heavy atom. The predicted molar refractivity (Wildman–Crippen MR) is 141 cm³/mol. The van der Waals surface area contributed by atoms with Crippen molar-refractivity contribution < 1.29 is 19.0 Å². The lowest BCUT2D eigenvalue weighted by molar-refractivity contribution is -0.139. The van der Waals surface area contributed by atoms with Crippen LogP contribution in [0.4, 0.5) is 0 Å². The first-order chi connectivity index (χ1) is 18.2. The number of hydrogen-bond donors (Lipinski definition) is 0. The lowest BCUT2D eigenvalue weighted by atomic mass is 9.81. The zero-order chi connectivity index (χ0) is 25.3. The Hall–Kier alpha value is -3.45. The zero-order valence-corrected chi connectivity index (χ0v) is 21.2. The minimum absolute atomic E-state index is 0.0181. The van der Waals surface area contributed by atoms with Gasteiger partial charge in [0.05, 0.1) is 24.2 Å². The monoisotopic (exact) mass is 501 g/mol. The van der Waals surface area contributed by atoms with Gasteiger partial charge in [-0.3, -0.25) is 4.98 Å². The van der Waals surface area contributed by atoms with Gasteiger partial charge in [-0.05, 0) is 74.1 Å². The Morgan fingerprint density at radius 3 is 2.78 bits per heavy atom. The van der Waals surface area contributed by atoms with Gasteiger partial charge >= 0.3 is 5.97 Å². The van der Waals surface area contributed by atoms with Crippen molar-refractivity contribution >= 4 is 5.97 Å². The smallest absolute Gasteiger partial charge is 0.330 e. The summed E-state index contributed by atoms with van der Waals surface area (Å²) in [5.41, 5.74) is 2.81. The highest BCUT2D eigenvalue weighted by molar-refractivity contribution is 5.81. The van der Waals surface area contributed by atoms with Crippen LogP contribution in [0.15, 0.2) is 73.1 Å². The molecule has 2 aromatic heterocycles. The minimum Gasteiger partial charge on any atom is -0.492 e. The second kappa shape index (κ2) is 12.7. The molecule has 2 aliphatic rings. The summed E-state index contributed by atoms with van der Waals surface area (Å²) < 4.78 is 19.3. The van der Waals surface area contributed by atoms with Crippen molar-refractivity contribution in [3.63, 3.8) is 0 Å². The number of esters is 1. The van der Waals surface area contributed by atoms with Gasteiger partial charge in [0.1, 0.15) is 12.4 Å². The summed E-state index contributed by atoms with van der Waals surface area (Å²) in [5.74, 6) is 1.30. The molecule has 7 nitrogen and oxygen atoms in total. The standard InChI is InChI=1S/C30H35N3O4/c34-30(37-21-24-7-2-1-3-8-24)15-12-23-9-6-10-25(19-23)22-36-26-13-14-27(31-20-26)28-16-17-32-33(28)29-11-4-5-18-35-29/h1-3,7-8,12-17,20,23,25,29H,4-6,9-11,18-19,21-22H2/b15-12+/t23-,25-,29?/m1/s1. The molecular formula is C30H35N3O4. The number of carbonyl (C=O) groups is 1. The quantitative estimate of drug-likeness (QED) is 0.259. The van der Waals surface area contributed by atoms with Crippen LogP contribution in [0.25, 0.3) is 11.4 Å². The molecule has 1 aromatic carbocycles. The van der Waals surface area contributed by atoms with Crippen molar-refractivity contribution in [2.24, 2.45) is 11.8 Å². The number of rotatable bonds is 9. The molecule has 0 N–H and O–H groups in total. The van der Waals surface area contributed by atoms with E-state index in [1.807, 2.05) is 59.3 Å². The maximum atomic E-state index is 12.1. The van der Waals surface area contributed by atoms with Crippen molar-refractivity contribution in [3.8, 4) is 17.1 Å². The van der Waals surface area contributed by atoms with E-state index in [0.29, 0.717) is 25.0 Å². The summed E-state index contributed by atoms with van der Waals surface area (Å²) in [6.07, 6.45) is 14.8. The lowest BCUT2D eigenvalue weighted by Crippen LogP contribution is -2.20. The van der Waals surface area contributed by atoms with E-state index in [1.54, 1.807) is 18.5 Å². The number of carbonyl (C=O) groups excluding carboxylic acids is 1. The summed E-state index contributed by atoms with van der Waals surface area (Å²) in [7, 11) is 0. The second-order valence-corrected chi connectivity index (χ2v) is 9.92. The second-order valence-electron chi connectivity index (χ2n) is 9.92. The highest BCUT2D eigenvalue weighted by Crippen LogP contribution is 2.31. The number of pyridine rings is 1. The van der Waals surface area contributed by atoms with Crippen molar-refractivity contribution in [2.45, 2.75) is 57.8 Å². The fraction of sp³-hybridized carbons (Fsp3) is 0.433. The molecule has 0 radical (unpaired) electrons. The van der Waals surface area contributed by atoms with Gasteiger partial charge < -0.3 is 14.2 Å². The Labute approximate surface area is 218 Å². The third-order valence-corrected chi connectivity index (χ3v) is 7.13. The van der Waals surface area contributed by atoms with Crippen LogP contribution in [0.1, 0.15) is 56.7 Å². The summed E-state index contributed by atoms with van der Waals surface area (Å²) in [6.45, 7) is 1.73. The van der Waals surface area contributed by atoms with Crippen LogP contribution in [-0.4, -0.2) is 33.9 Å². The molecular weight excluding hydrogens is 466 g/mol. The molecule has 0 bridgehead atoms. The van der Waals surface area contributed by atoms with Gasteiger partial charge in [0, 0.05) is 18.9 Å². The molecule has 1 saturated heterocycles. The van der Waals surface area contributed by atoms with Gasteiger partial charge in [0.25, 0.3) is 0 Å². The van der Waals surface area contributed by atoms with Crippen molar-refractivity contribution in [2.75, 3.05) is 13.2 Å². The first-order valence-electron chi connectivity index (χ1n) is 13.4. The summed E-state index contributed by atoms with van der Waals surface area (Å²) in [5, 5.41) is 4.48. The minimum atomic E-state index is -0.287. The molecule has 3 aromatic rings. The number of benzene rings is 1. The average Bonchev–Trinajstić information content (AvgIpc) is 3.46. The van der Waals surface area contributed by atoms with Gasteiger partial charge in [-0.25, -0.2) is 9.48 Å². The van der Waals surface area contributed by atoms with E-state index in [1.165, 1.54) is 0 Å². The number of nitrogens with zero attached hydrogens (tertiary/aromatic N) is 3. The maximum Gasteiger partial charge on any atom is 0.330 e. The fourth-order valence-corrected chi connectivity index (χ4v) is 5.14. The highest BCUT2D eigenvalue weighted by atomic mass is 16.5. The first kappa shape index (κ1) is 25.2. The molecule has 3 atom stereocenters. The molecule has 1 aliphatic heterocycles. The van der Waals surface area contributed by atoms with E-state index in [9.17, 15) is 4.79 Å². The third kappa shape index (κ3) is 7.07. The number of aromatic nitrogens is 3. The molecule has 37 heavy (non-hydrogen) atoms. The molecule has 1 unspecified atom stereocenters. The molecule has 2 fully saturated rings. The summed E-state index contributed by atoms with van der Waals surface area (Å²) in [4.78, 5) is 16.8. The van der Waals surface area contributed by atoms with E-state index >= 15 is 0 Å². The molecule has 7 heteroatoms. The predicted octanol–water partition coefficient (Wildman–Crippen LogP) is 6.13. The van der Waals surface area contributed by atoms with E-state index in [4.69, 9.17) is 14.2 Å². The van der Waals surface area contributed by atoms with Crippen LogP contribution in [0, 0.1) is 11.8 Å². The van der Waals surface area contributed by atoms with E-state index in [-0.39, 0.29) is 12.2 Å². The molecule has 1 aliphatic carbocycles. The van der Waals surface area contributed by atoms with Crippen LogP contribution in [0.5, 0.6) is 5.75 Å². The van der Waals surface area contributed by atoms with E-state index in [0.717, 1.165) is 74.3 Å². The Balaban J connectivity index is 1.09. The van der Waals surface area contributed by atoms with Gasteiger partial charge in [0.2, 0.25) is 0 Å². The third-order valence-electron chi connectivity index (χ3n) is 7.13. The largest absolute Gasteiger partial charge is 0.492 e. The van der Waals surface area contributed by atoms with E-state index in [2.05, 4.69) is 10.1 Å². The molecule has 1 saturated carbocycles. The zero-order valence-electron chi connectivity index (χ0n) is 21.2. The van der Waals surface area contributed by atoms with Gasteiger partial charge in [-0.1, -0.05) is 42.8 Å². The lowest BCUT2D eigenvalue weighted by Gasteiger charge is -2.27. The molecule has 0 amide bonds. The van der Waals surface area contributed by atoms with Crippen molar-refractivity contribution in [1.82, 2.24) is 14.8 Å². The maximum absolute atomic E-state index is 12.1. The molecule has 5 rings (SSSR count). The average molecular weight is 502 g/mol. The highest BCUT2D eigenvalue weighted by Gasteiger charge is 2.22. The molecule has 3 heterocycles. The van der Waals surface area contributed by atoms with Crippen LogP contribution in [0.2, 0.25) is 0 Å². The molecule has 0 spiro atoms. The molecule has 194 valence electrons. The Morgan fingerprint density at radius 2 is 1.97 bits per heavy atom.